The number of allylic oxidation sites excluding steroid dienone is 5. The van der Waals surface area contributed by atoms with Gasteiger partial charge in [-0.05, 0) is 93.0 Å². The fraction of sp³-hybridized carbons (Fsp3) is 0.314. The van der Waals surface area contributed by atoms with Gasteiger partial charge in [-0.15, -0.1) is 0 Å². The average Bonchev–Trinajstić information content (AvgIpc) is 3.19. The van der Waals surface area contributed by atoms with Crippen molar-refractivity contribution >= 4 is 22.9 Å². The van der Waals surface area contributed by atoms with Gasteiger partial charge in [0.05, 0.1) is 17.1 Å². The summed E-state index contributed by atoms with van der Waals surface area (Å²) in [5.41, 5.74) is 9.56. The zero-order chi connectivity index (χ0) is 27.9. The molecule has 0 radical (unpaired) electrons. The predicted octanol–water partition coefficient (Wildman–Crippen LogP) is 8.49. The van der Waals surface area contributed by atoms with E-state index in [1.54, 1.807) is 6.08 Å². The van der Waals surface area contributed by atoms with Crippen LogP contribution in [0.5, 0.6) is 0 Å². The van der Waals surface area contributed by atoms with Crippen LogP contribution in [-0.2, 0) is 11.2 Å². The number of aryl methyl sites for hydroxylation is 1. The van der Waals surface area contributed by atoms with Gasteiger partial charge in [0.25, 0.3) is 0 Å². The molecule has 1 N–H and O–H groups in total. The number of carboxylic acid groups (broad SMARTS) is 1. The van der Waals surface area contributed by atoms with Crippen LogP contribution >= 0.6 is 0 Å². The molecule has 1 fully saturated rings. The summed E-state index contributed by atoms with van der Waals surface area (Å²) >= 11 is 0. The van der Waals surface area contributed by atoms with E-state index in [0.717, 1.165) is 90.0 Å². The molecule has 0 unspecified atom stereocenters. The SMILES string of the molecule is C=CC=C(C=CC)c1cnc2c(c1)N=C(c1ccc(-c3ccc(C4CCC(CC(=O)O)CC4)cc3)nc1)CCC2. The highest BCUT2D eigenvalue weighted by Gasteiger charge is 2.24. The molecule has 0 atom stereocenters. The van der Waals surface area contributed by atoms with Crippen LogP contribution in [0.25, 0.3) is 16.8 Å². The fourth-order valence-electron chi connectivity index (χ4n) is 5.92. The number of carbonyl (C=O) groups is 1. The number of nitrogens with zero attached hydrogens (tertiary/aromatic N) is 3. The summed E-state index contributed by atoms with van der Waals surface area (Å²) < 4.78 is 0. The van der Waals surface area contributed by atoms with E-state index in [1.807, 2.05) is 31.5 Å². The van der Waals surface area contributed by atoms with Crippen molar-refractivity contribution in [3.05, 3.63) is 108 Å². The van der Waals surface area contributed by atoms with Crippen LogP contribution in [0.2, 0.25) is 0 Å². The minimum Gasteiger partial charge on any atom is -0.481 e. The molecule has 1 saturated carbocycles. The summed E-state index contributed by atoms with van der Waals surface area (Å²) in [4.78, 5) is 25.6. The second kappa shape index (κ2) is 12.8. The minimum atomic E-state index is -0.677. The van der Waals surface area contributed by atoms with Crippen molar-refractivity contribution in [3.63, 3.8) is 0 Å². The van der Waals surface area contributed by atoms with Crippen molar-refractivity contribution in [2.75, 3.05) is 0 Å². The second-order valence-electron chi connectivity index (χ2n) is 10.8. The van der Waals surface area contributed by atoms with E-state index < -0.39 is 5.97 Å². The third-order valence-corrected chi connectivity index (χ3v) is 8.09. The molecule has 5 rings (SSSR count). The van der Waals surface area contributed by atoms with Gasteiger partial charge in [0.15, 0.2) is 0 Å². The van der Waals surface area contributed by atoms with Crippen LogP contribution in [0, 0.1) is 5.92 Å². The van der Waals surface area contributed by atoms with E-state index >= 15 is 0 Å². The Hall–Kier alpha value is -4.12. The summed E-state index contributed by atoms with van der Waals surface area (Å²) in [5, 5.41) is 9.07. The number of hydrogen-bond acceptors (Lipinski definition) is 4. The maximum absolute atomic E-state index is 11.0. The molecule has 1 aromatic carbocycles. The minimum absolute atomic E-state index is 0.300. The molecular weight excluding hydrogens is 494 g/mol. The first-order valence-corrected chi connectivity index (χ1v) is 14.3. The van der Waals surface area contributed by atoms with Crippen LogP contribution in [0.15, 0.2) is 90.7 Å². The van der Waals surface area contributed by atoms with Gasteiger partial charge in [-0.2, -0.15) is 0 Å². The van der Waals surface area contributed by atoms with Gasteiger partial charge in [-0.1, -0.05) is 55.1 Å². The quantitative estimate of drug-likeness (QED) is 0.296. The van der Waals surface area contributed by atoms with E-state index in [9.17, 15) is 4.79 Å². The van der Waals surface area contributed by atoms with E-state index in [0.29, 0.717) is 18.3 Å². The molecule has 0 amide bonds. The zero-order valence-corrected chi connectivity index (χ0v) is 23.2. The number of aromatic nitrogens is 2. The monoisotopic (exact) mass is 531 g/mol. The first-order chi connectivity index (χ1) is 19.5. The van der Waals surface area contributed by atoms with Gasteiger partial charge in [0, 0.05) is 41.2 Å². The van der Waals surface area contributed by atoms with Gasteiger partial charge >= 0.3 is 5.97 Å². The van der Waals surface area contributed by atoms with Crippen molar-refractivity contribution in [2.24, 2.45) is 10.9 Å². The highest BCUT2D eigenvalue weighted by Crippen LogP contribution is 2.37. The Bertz CT molecular complexity index is 1440. The van der Waals surface area contributed by atoms with Gasteiger partial charge in [-0.3, -0.25) is 19.8 Å². The Balaban J connectivity index is 1.30. The molecule has 3 aromatic rings. The first-order valence-electron chi connectivity index (χ1n) is 14.3. The highest BCUT2D eigenvalue weighted by molar-refractivity contribution is 6.02. The van der Waals surface area contributed by atoms with E-state index in [4.69, 9.17) is 20.1 Å². The smallest absolute Gasteiger partial charge is 0.303 e. The fourth-order valence-corrected chi connectivity index (χ4v) is 5.92. The summed E-state index contributed by atoms with van der Waals surface area (Å²) in [6.07, 6.45) is 19.0. The number of aliphatic imine (C=N–C) groups is 1. The first kappa shape index (κ1) is 27.4. The van der Waals surface area contributed by atoms with Crippen LogP contribution < -0.4 is 0 Å². The van der Waals surface area contributed by atoms with Gasteiger partial charge < -0.3 is 5.11 Å². The number of aliphatic carboxylic acids is 1. The molecule has 5 heteroatoms. The lowest BCUT2D eigenvalue weighted by Gasteiger charge is -2.28. The maximum atomic E-state index is 11.0. The average molecular weight is 532 g/mol. The van der Waals surface area contributed by atoms with Crippen LogP contribution in [0.3, 0.4) is 0 Å². The lowest BCUT2D eigenvalue weighted by Crippen LogP contribution is -2.16. The van der Waals surface area contributed by atoms with Crippen molar-refractivity contribution in [1.82, 2.24) is 9.97 Å². The molecule has 2 aromatic heterocycles. The number of pyridine rings is 2. The number of benzene rings is 1. The predicted molar refractivity (Wildman–Crippen MR) is 163 cm³/mol. The van der Waals surface area contributed by atoms with Gasteiger partial charge in [-0.25, -0.2) is 0 Å². The molecule has 204 valence electrons. The number of fused-ring (bicyclic) bond motifs is 1. The van der Waals surface area contributed by atoms with Crippen LogP contribution in [-0.4, -0.2) is 26.8 Å². The number of rotatable bonds is 8. The standard InChI is InChI=1S/C35H37N3O2/c1-3-6-25(7-4-2)30-21-34-33(37-23-30)9-5-8-32(38-34)29-18-19-31(36-22-29)28-16-14-27(15-17-28)26-12-10-24(11-13-26)20-35(39)40/h3-4,6-7,14-19,21-24,26H,1,5,8-13,20H2,2H3,(H,39,40). The second-order valence-corrected chi connectivity index (χ2v) is 10.8. The lowest BCUT2D eigenvalue weighted by molar-refractivity contribution is -0.138. The molecule has 2 aliphatic rings. The van der Waals surface area contributed by atoms with Crippen LogP contribution in [0.4, 0.5) is 5.69 Å². The van der Waals surface area contributed by atoms with E-state index in [-0.39, 0.29) is 0 Å². The number of hydrogen-bond donors (Lipinski definition) is 1. The lowest BCUT2D eigenvalue weighted by atomic mass is 9.77. The van der Waals surface area contributed by atoms with E-state index in [1.165, 1.54) is 5.56 Å². The summed E-state index contributed by atoms with van der Waals surface area (Å²) in [6, 6.07) is 15.1. The summed E-state index contributed by atoms with van der Waals surface area (Å²) in [6.45, 7) is 5.85. The van der Waals surface area contributed by atoms with Gasteiger partial charge in [0.2, 0.25) is 0 Å². The maximum Gasteiger partial charge on any atom is 0.303 e. The van der Waals surface area contributed by atoms with Crippen LogP contribution in [0.1, 0.15) is 80.2 Å². The third kappa shape index (κ3) is 6.53. The van der Waals surface area contributed by atoms with Crippen molar-refractivity contribution < 1.29 is 9.90 Å². The largest absolute Gasteiger partial charge is 0.481 e. The Morgan fingerprint density at radius 1 is 1.00 bits per heavy atom. The third-order valence-electron chi connectivity index (χ3n) is 8.09. The van der Waals surface area contributed by atoms with Crippen molar-refractivity contribution in [3.8, 4) is 11.3 Å². The molecule has 1 aliphatic heterocycles. The van der Waals surface area contributed by atoms with Gasteiger partial charge in [0.1, 0.15) is 0 Å². The Morgan fingerprint density at radius 3 is 2.45 bits per heavy atom. The zero-order valence-electron chi connectivity index (χ0n) is 23.2. The molecule has 40 heavy (non-hydrogen) atoms. The Kier molecular flexibility index (Phi) is 8.80. The molecular formula is C35H37N3O2. The van der Waals surface area contributed by atoms with Crippen molar-refractivity contribution in [1.29, 1.82) is 0 Å². The highest BCUT2D eigenvalue weighted by atomic mass is 16.4. The van der Waals surface area contributed by atoms with E-state index in [2.05, 4.69) is 55.1 Å². The Morgan fingerprint density at radius 2 is 1.77 bits per heavy atom. The number of carboxylic acids is 1. The Labute approximate surface area is 237 Å². The molecule has 3 heterocycles. The molecule has 1 aliphatic carbocycles. The summed E-state index contributed by atoms with van der Waals surface area (Å²) in [5.74, 6) is 0.163. The molecule has 5 nitrogen and oxygen atoms in total. The molecule has 0 saturated heterocycles. The molecule has 0 spiro atoms. The molecule has 0 bridgehead atoms. The summed E-state index contributed by atoms with van der Waals surface area (Å²) in [7, 11) is 0. The normalized spacial score (nSPS) is 19.5. The topological polar surface area (TPSA) is 75.4 Å². The van der Waals surface area contributed by atoms with Crippen molar-refractivity contribution in [2.45, 2.75) is 64.2 Å².